The third-order valence-electron chi connectivity index (χ3n) is 3.33. The van der Waals surface area contributed by atoms with E-state index in [4.69, 9.17) is 0 Å². The first-order valence-corrected chi connectivity index (χ1v) is 5.24. The average molecular weight is 197 g/mol. The topological polar surface area (TPSA) is 46.2 Å². The van der Waals surface area contributed by atoms with Crippen LogP contribution in [0, 0.1) is 17.3 Å². The molecule has 0 spiro atoms. The maximum Gasteiger partial charge on any atom is 0.230 e. The van der Waals surface area contributed by atoms with Gasteiger partial charge < -0.3 is 0 Å². The maximum absolute atomic E-state index is 11.7. The molecule has 1 aliphatic heterocycles. The Morgan fingerprint density at radius 3 is 2.50 bits per heavy atom. The van der Waals surface area contributed by atoms with Crippen molar-refractivity contribution in [3.63, 3.8) is 0 Å². The minimum absolute atomic E-state index is 0.0369. The van der Waals surface area contributed by atoms with E-state index >= 15 is 0 Å². The van der Waals surface area contributed by atoms with Crippen molar-refractivity contribution >= 4 is 11.8 Å². The van der Waals surface area contributed by atoms with Crippen LogP contribution >= 0.6 is 0 Å². The van der Waals surface area contributed by atoms with Crippen molar-refractivity contribution in [1.82, 2.24) is 5.32 Å². The van der Waals surface area contributed by atoms with Gasteiger partial charge in [0.1, 0.15) is 0 Å². The van der Waals surface area contributed by atoms with Gasteiger partial charge in [-0.3, -0.25) is 14.9 Å². The zero-order valence-electron chi connectivity index (χ0n) is 9.39. The summed E-state index contributed by atoms with van der Waals surface area (Å²) < 4.78 is 0. The van der Waals surface area contributed by atoms with E-state index in [1.165, 1.54) is 0 Å². The first-order valence-electron chi connectivity index (χ1n) is 5.24. The molecular formula is C11H19NO2. The van der Waals surface area contributed by atoms with Crippen LogP contribution in [0.15, 0.2) is 0 Å². The number of imide groups is 1. The van der Waals surface area contributed by atoms with Crippen LogP contribution in [0.2, 0.25) is 0 Å². The molecule has 3 heteroatoms. The molecule has 0 radical (unpaired) electrons. The van der Waals surface area contributed by atoms with Gasteiger partial charge >= 0.3 is 0 Å². The highest BCUT2D eigenvalue weighted by atomic mass is 16.2. The van der Waals surface area contributed by atoms with Crippen molar-refractivity contribution in [2.24, 2.45) is 17.3 Å². The molecule has 0 saturated carbocycles. The number of carbonyl (C=O) groups excluding carboxylic acids is 2. The summed E-state index contributed by atoms with van der Waals surface area (Å²) in [5.74, 6) is 0.0232. The molecule has 2 atom stereocenters. The molecule has 0 aromatic carbocycles. The fourth-order valence-corrected chi connectivity index (χ4v) is 2.50. The molecule has 0 bridgehead atoms. The number of carbonyl (C=O) groups is 2. The third-order valence-corrected chi connectivity index (χ3v) is 3.33. The van der Waals surface area contributed by atoms with Gasteiger partial charge in [0.25, 0.3) is 0 Å². The fraction of sp³-hybridized carbons (Fsp3) is 0.818. The van der Waals surface area contributed by atoms with Gasteiger partial charge in [0.2, 0.25) is 11.8 Å². The Morgan fingerprint density at radius 2 is 2.07 bits per heavy atom. The number of hydrogen-bond donors (Lipinski definition) is 1. The first-order chi connectivity index (χ1) is 6.40. The lowest BCUT2D eigenvalue weighted by Crippen LogP contribution is -2.52. The van der Waals surface area contributed by atoms with Gasteiger partial charge in [-0.05, 0) is 17.8 Å². The van der Waals surface area contributed by atoms with Crippen LogP contribution in [0.3, 0.4) is 0 Å². The molecule has 1 fully saturated rings. The van der Waals surface area contributed by atoms with Gasteiger partial charge in [0.15, 0.2) is 0 Å². The number of piperidine rings is 1. The number of nitrogens with one attached hydrogen (secondary N) is 1. The van der Waals surface area contributed by atoms with E-state index in [2.05, 4.69) is 5.32 Å². The molecule has 0 aromatic rings. The van der Waals surface area contributed by atoms with Crippen molar-refractivity contribution < 1.29 is 9.59 Å². The molecule has 0 aromatic heterocycles. The molecule has 14 heavy (non-hydrogen) atoms. The van der Waals surface area contributed by atoms with E-state index in [1.54, 1.807) is 0 Å². The minimum atomic E-state index is -0.159. The highest BCUT2D eigenvalue weighted by molar-refractivity contribution is 5.99. The largest absolute Gasteiger partial charge is 0.296 e. The van der Waals surface area contributed by atoms with Crippen LogP contribution in [0.5, 0.6) is 0 Å². The Hall–Kier alpha value is -0.860. The molecule has 1 aliphatic rings. The highest BCUT2D eigenvalue weighted by Crippen LogP contribution is 2.41. The van der Waals surface area contributed by atoms with Gasteiger partial charge in [0.05, 0.1) is 0 Å². The van der Waals surface area contributed by atoms with Crippen LogP contribution in [0.25, 0.3) is 0 Å². The van der Waals surface area contributed by atoms with Gasteiger partial charge in [0, 0.05) is 12.3 Å². The highest BCUT2D eigenvalue weighted by Gasteiger charge is 2.45. The quantitative estimate of drug-likeness (QED) is 0.685. The summed E-state index contributed by atoms with van der Waals surface area (Å²) in [6, 6.07) is 0. The summed E-state index contributed by atoms with van der Waals surface area (Å²) in [5, 5.41) is 2.42. The summed E-state index contributed by atoms with van der Waals surface area (Å²) in [6.07, 6.45) is 1.34. The smallest absolute Gasteiger partial charge is 0.230 e. The zero-order valence-corrected chi connectivity index (χ0v) is 9.39. The summed E-state index contributed by atoms with van der Waals surface area (Å²) >= 11 is 0. The van der Waals surface area contributed by atoms with Crippen molar-refractivity contribution in [3.8, 4) is 0 Å². The second-order valence-electron chi connectivity index (χ2n) is 4.82. The predicted octanol–water partition coefficient (Wildman–Crippen LogP) is 1.72. The zero-order chi connectivity index (χ0) is 10.9. The second-order valence-corrected chi connectivity index (χ2v) is 4.82. The van der Waals surface area contributed by atoms with E-state index in [9.17, 15) is 9.59 Å². The molecule has 80 valence electrons. The van der Waals surface area contributed by atoms with E-state index in [1.807, 2.05) is 27.7 Å². The van der Waals surface area contributed by atoms with Crippen LogP contribution in [-0.2, 0) is 9.59 Å². The van der Waals surface area contributed by atoms with E-state index in [0.29, 0.717) is 6.42 Å². The molecule has 3 nitrogen and oxygen atoms in total. The van der Waals surface area contributed by atoms with Crippen molar-refractivity contribution in [3.05, 3.63) is 0 Å². The number of hydrogen-bond acceptors (Lipinski definition) is 2. The molecule has 1 saturated heterocycles. The van der Waals surface area contributed by atoms with Gasteiger partial charge in [-0.1, -0.05) is 27.7 Å². The Labute approximate surface area is 85.3 Å². The number of amides is 2. The first kappa shape index (κ1) is 11.2. The normalized spacial score (nSPS) is 33.4. The summed E-state index contributed by atoms with van der Waals surface area (Å²) in [5.41, 5.74) is -0.159. The van der Waals surface area contributed by atoms with E-state index in [-0.39, 0.29) is 29.1 Å². The monoisotopic (exact) mass is 197 g/mol. The molecule has 2 amide bonds. The molecule has 1 N–H and O–H groups in total. The standard InChI is InChI=1S/C11H19NO2/c1-5-11(4)6-8(13)12-10(14)9(11)7(2)3/h7,9H,5-6H2,1-4H3,(H,12,13,14). The number of rotatable bonds is 2. The SMILES string of the molecule is CCC1(C)CC(=O)NC(=O)C1C(C)C. The van der Waals surface area contributed by atoms with Gasteiger partial charge in [-0.25, -0.2) is 0 Å². The Kier molecular flexibility index (Phi) is 2.98. The Bertz CT molecular complexity index is 260. The van der Waals surface area contributed by atoms with Gasteiger partial charge in [-0.2, -0.15) is 0 Å². The Morgan fingerprint density at radius 1 is 1.50 bits per heavy atom. The summed E-state index contributed by atoms with van der Waals surface area (Å²) in [6.45, 7) is 8.15. The van der Waals surface area contributed by atoms with E-state index < -0.39 is 0 Å². The average Bonchev–Trinajstić information content (AvgIpc) is 2.01. The second kappa shape index (κ2) is 3.71. The molecule has 2 unspecified atom stereocenters. The van der Waals surface area contributed by atoms with E-state index in [0.717, 1.165) is 6.42 Å². The molecule has 0 aliphatic carbocycles. The molecular weight excluding hydrogens is 178 g/mol. The molecule has 1 heterocycles. The van der Waals surface area contributed by atoms with Crippen LogP contribution in [0.4, 0.5) is 0 Å². The summed E-state index contributed by atoms with van der Waals surface area (Å²) in [7, 11) is 0. The van der Waals surface area contributed by atoms with Crippen LogP contribution in [0.1, 0.15) is 40.5 Å². The summed E-state index contributed by atoms with van der Waals surface area (Å²) in [4.78, 5) is 23.0. The predicted molar refractivity (Wildman–Crippen MR) is 54.5 cm³/mol. The lowest BCUT2D eigenvalue weighted by atomic mass is 9.65. The lowest BCUT2D eigenvalue weighted by Gasteiger charge is -2.41. The van der Waals surface area contributed by atoms with Crippen LogP contribution < -0.4 is 5.32 Å². The van der Waals surface area contributed by atoms with Crippen molar-refractivity contribution in [2.75, 3.05) is 0 Å². The maximum atomic E-state index is 11.7. The van der Waals surface area contributed by atoms with Crippen LogP contribution in [-0.4, -0.2) is 11.8 Å². The van der Waals surface area contributed by atoms with Gasteiger partial charge in [-0.15, -0.1) is 0 Å². The fourth-order valence-electron chi connectivity index (χ4n) is 2.50. The van der Waals surface area contributed by atoms with Crippen molar-refractivity contribution in [2.45, 2.75) is 40.5 Å². The molecule has 1 rings (SSSR count). The lowest BCUT2D eigenvalue weighted by molar-refractivity contribution is -0.145. The Balaban J connectivity index is 2.98. The minimum Gasteiger partial charge on any atom is -0.296 e. The third kappa shape index (κ3) is 1.81. The van der Waals surface area contributed by atoms with Crippen molar-refractivity contribution in [1.29, 1.82) is 0 Å².